The third-order valence-corrected chi connectivity index (χ3v) is 6.25. The highest BCUT2D eigenvalue weighted by Gasteiger charge is 2.38. The van der Waals surface area contributed by atoms with Gasteiger partial charge in [0, 0.05) is 11.6 Å². The molecule has 5 rings (SSSR count). The minimum absolute atomic E-state index is 0.136. The van der Waals surface area contributed by atoms with Crippen LogP contribution >= 0.6 is 0 Å². The van der Waals surface area contributed by atoms with Crippen molar-refractivity contribution in [3.05, 3.63) is 93.5 Å². The molecule has 1 aliphatic carbocycles. The summed E-state index contributed by atoms with van der Waals surface area (Å²) in [6, 6.07) is 15.5. The summed E-state index contributed by atoms with van der Waals surface area (Å²) in [5, 5.41) is 13.0. The van der Waals surface area contributed by atoms with Crippen LogP contribution in [0.1, 0.15) is 53.3 Å². The summed E-state index contributed by atoms with van der Waals surface area (Å²) in [5.41, 5.74) is 5.07. The summed E-state index contributed by atoms with van der Waals surface area (Å²) in [4.78, 5) is 40.2. The van der Waals surface area contributed by atoms with E-state index in [1.54, 1.807) is 24.3 Å². The maximum Gasteiger partial charge on any atom is 0.266 e. The molecule has 0 radical (unpaired) electrons. The lowest BCUT2D eigenvalue weighted by Crippen LogP contribution is -2.35. The fraction of sp³-hybridized carbons (Fsp3) is 0.192. The second-order valence-electron chi connectivity index (χ2n) is 8.49. The number of benzene rings is 3. The molecule has 160 valence electrons. The molecule has 32 heavy (non-hydrogen) atoms. The molecule has 2 aliphatic rings. The van der Waals surface area contributed by atoms with Crippen LogP contribution in [0.4, 0.5) is 5.69 Å². The Morgan fingerprint density at radius 2 is 1.75 bits per heavy atom. The van der Waals surface area contributed by atoms with Crippen LogP contribution in [0.3, 0.4) is 0 Å². The van der Waals surface area contributed by atoms with Gasteiger partial charge in [0.1, 0.15) is 5.75 Å². The number of fused-ring (bicyclic) bond motifs is 2. The van der Waals surface area contributed by atoms with Crippen LogP contribution in [-0.2, 0) is 12.8 Å². The standard InChI is InChI=1S/C26H22N2O4/c1-14-6-7-15(2)22(10-14)28-25(31)19-9-8-17(12-21(19)26(28)32)24(30)27-18-11-16-4-3-5-23(29)20(16)13-18/h3-10,12,18,29H,11,13H2,1-2H3,(H,27,30). The first-order chi connectivity index (χ1) is 15.3. The number of anilines is 1. The van der Waals surface area contributed by atoms with Crippen molar-refractivity contribution in [3.63, 3.8) is 0 Å². The number of nitrogens with zero attached hydrogens (tertiary/aromatic N) is 1. The smallest absolute Gasteiger partial charge is 0.266 e. The zero-order chi connectivity index (χ0) is 22.6. The summed E-state index contributed by atoms with van der Waals surface area (Å²) < 4.78 is 0. The van der Waals surface area contributed by atoms with Crippen molar-refractivity contribution < 1.29 is 19.5 Å². The van der Waals surface area contributed by atoms with Crippen LogP contribution < -0.4 is 10.2 Å². The van der Waals surface area contributed by atoms with Gasteiger partial charge in [-0.2, -0.15) is 0 Å². The predicted molar refractivity (Wildman–Crippen MR) is 120 cm³/mol. The molecule has 3 amide bonds. The fourth-order valence-corrected chi connectivity index (χ4v) is 4.56. The molecule has 1 atom stereocenters. The molecule has 0 bridgehead atoms. The lowest BCUT2D eigenvalue weighted by Gasteiger charge is -2.17. The van der Waals surface area contributed by atoms with E-state index in [0.717, 1.165) is 22.3 Å². The van der Waals surface area contributed by atoms with E-state index in [-0.39, 0.29) is 29.2 Å². The van der Waals surface area contributed by atoms with E-state index in [2.05, 4.69) is 5.32 Å². The van der Waals surface area contributed by atoms with Gasteiger partial charge in [-0.15, -0.1) is 0 Å². The molecule has 0 saturated heterocycles. The van der Waals surface area contributed by atoms with E-state index in [1.807, 2.05) is 38.1 Å². The monoisotopic (exact) mass is 426 g/mol. The number of rotatable bonds is 3. The molecule has 0 aromatic heterocycles. The van der Waals surface area contributed by atoms with Crippen LogP contribution in [0.15, 0.2) is 54.6 Å². The Kier molecular flexibility index (Phi) is 4.59. The first kappa shape index (κ1) is 20.0. The van der Waals surface area contributed by atoms with Crippen molar-refractivity contribution in [3.8, 4) is 5.75 Å². The second kappa shape index (κ2) is 7.34. The summed E-state index contributed by atoms with van der Waals surface area (Å²) in [5.74, 6) is -0.873. The van der Waals surface area contributed by atoms with Gasteiger partial charge in [-0.1, -0.05) is 24.3 Å². The molecule has 3 aromatic carbocycles. The average molecular weight is 426 g/mol. The molecule has 6 heteroatoms. The highest BCUT2D eigenvalue weighted by Crippen LogP contribution is 2.32. The van der Waals surface area contributed by atoms with Crippen molar-refractivity contribution in [2.24, 2.45) is 0 Å². The van der Waals surface area contributed by atoms with Gasteiger partial charge in [0.25, 0.3) is 17.7 Å². The largest absolute Gasteiger partial charge is 0.508 e. The van der Waals surface area contributed by atoms with Gasteiger partial charge in [-0.25, -0.2) is 4.90 Å². The Morgan fingerprint density at radius 3 is 2.53 bits per heavy atom. The normalized spacial score (nSPS) is 16.8. The third kappa shape index (κ3) is 3.15. The Bertz CT molecular complexity index is 1310. The van der Waals surface area contributed by atoms with Crippen LogP contribution in [0, 0.1) is 13.8 Å². The second-order valence-corrected chi connectivity index (χ2v) is 8.49. The zero-order valence-electron chi connectivity index (χ0n) is 17.8. The van der Waals surface area contributed by atoms with Gasteiger partial charge in [-0.3, -0.25) is 14.4 Å². The van der Waals surface area contributed by atoms with Crippen molar-refractivity contribution >= 4 is 23.4 Å². The first-order valence-corrected chi connectivity index (χ1v) is 10.5. The SMILES string of the molecule is Cc1ccc(C)c(N2C(=O)c3ccc(C(=O)NC4Cc5cccc(O)c5C4)cc3C2=O)c1. The number of carbonyl (C=O) groups excluding carboxylic acids is 3. The van der Waals surface area contributed by atoms with Crippen LogP contribution in [0.25, 0.3) is 0 Å². The summed E-state index contributed by atoms with van der Waals surface area (Å²) in [6.07, 6.45) is 1.19. The molecule has 0 spiro atoms. The number of hydrogen-bond acceptors (Lipinski definition) is 4. The molecular formula is C26H22N2O4. The predicted octanol–water partition coefficient (Wildman–Crippen LogP) is 3.71. The Hall–Kier alpha value is -3.93. The van der Waals surface area contributed by atoms with Gasteiger partial charge >= 0.3 is 0 Å². The van der Waals surface area contributed by atoms with E-state index in [4.69, 9.17) is 0 Å². The Balaban J connectivity index is 1.39. The minimum atomic E-state index is -0.424. The molecule has 1 heterocycles. The third-order valence-electron chi connectivity index (χ3n) is 6.25. The van der Waals surface area contributed by atoms with Gasteiger partial charge in [0.05, 0.1) is 16.8 Å². The molecule has 0 saturated carbocycles. The number of aromatic hydroxyl groups is 1. The number of carbonyl (C=O) groups is 3. The lowest BCUT2D eigenvalue weighted by atomic mass is 10.0. The van der Waals surface area contributed by atoms with Crippen LogP contribution in [0.2, 0.25) is 0 Å². The maximum absolute atomic E-state index is 13.1. The zero-order valence-corrected chi connectivity index (χ0v) is 17.8. The van der Waals surface area contributed by atoms with Crippen molar-refractivity contribution in [1.82, 2.24) is 5.32 Å². The number of phenolic OH excluding ortho intramolecular Hbond substituents is 1. The van der Waals surface area contributed by atoms with Crippen molar-refractivity contribution in [2.75, 3.05) is 4.90 Å². The Morgan fingerprint density at radius 1 is 0.969 bits per heavy atom. The number of aryl methyl sites for hydroxylation is 2. The molecular weight excluding hydrogens is 404 g/mol. The van der Waals surface area contributed by atoms with Gasteiger partial charge in [0.2, 0.25) is 0 Å². The number of phenols is 1. The number of amides is 3. The topological polar surface area (TPSA) is 86.7 Å². The molecule has 0 fully saturated rings. The van der Waals surface area contributed by atoms with Gasteiger partial charge in [0.15, 0.2) is 0 Å². The summed E-state index contributed by atoms with van der Waals surface area (Å²) in [6.45, 7) is 3.76. The summed E-state index contributed by atoms with van der Waals surface area (Å²) >= 11 is 0. The molecule has 2 N–H and O–H groups in total. The average Bonchev–Trinajstić information content (AvgIpc) is 3.29. The summed E-state index contributed by atoms with van der Waals surface area (Å²) in [7, 11) is 0. The first-order valence-electron chi connectivity index (χ1n) is 10.5. The van der Waals surface area contributed by atoms with Crippen molar-refractivity contribution in [1.29, 1.82) is 0 Å². The molecule has 1 aliphatic heterocycles. The highest BCUT2D eigenvalue weighted by atomic mass is 16.3. The van der Waals surface area contributed by atoms with Crippen molar-refractivity contribution in [2.45, 2.75) is 32.7 Å². The highest BCUT2D eigenvalue weighted by molar-refractivity contribution is 6.35. The molecule has 6 nitrogen and oxygen atoms in total. The number of hydrogen-bond donors (Lipinski definition) is 2. The lowest BCUT2D eigenvalue weighted by molar-refractivity contribution is 0.0921. The quantitative estimate of drug-likeness (QED) is 0.625. The molecule has 1 unspecified atom stereocenters. The number of nitrogens with one attached hydrogen (secondary N) is 1. The van der Waals surface area contributed by atoms with Crippen LogP contribution in [0.5, 0.6) is 5.75 Å². The van der Waals surface area contributed by atoms with E-state index in [0.29, 0.717) is 29.7 Å². The van der Waals surface area contributed by atoms with Crippen LogP contribution in [-0.4, -0.2) is 28.9 Å². The Labute approximate surface area is 185 Å². The van der Waals surface area contributed by atoms with E-state index < -0.39 is 5.91 Å². The fourth-order valence-electron chi connectivity index (χ4n) is 4.56. The van der Waals surface area contributed by atoms with Gasteiger partial charge < -0.3 is 10.4 Å². The van der Waals surface area contributed by atoms with Gasteiger partial charge in [-0.05, 0) is 79.3 Å². The maximum atomic E-state index is 13.1. The van der Waals surface area contributed by atoms with E-state index in [9.17, 15) is 19.5 Å². The molecule has 3 aromatic rings. The van der Waals surface area contributed by atoms with E-state index in [1.165, 1.54) is 11.0 Å². The number of imide groups is 1. The van der Waals surface area contributed by atoms with E-state index >= 15 is 0 Å². The minimum Gasteiger partial charge on any atom is -0.508 e.